The second-order valence-corrected chi connectivity index (χ2v) is 4.80. The Balaban J connectivity index is 1.87. The predicted octanol–water partition coefficient (Wildman–Crippen LogP) is 2.76. The molecule has 5 nitrogen and oxygen atoms in total. The summed E-state index contributed by atoms with van der Waals surface area (Å²) < 4.78 is 0. The number of nitrogens with one attached hydrogen (secondary N) is 1. The molecule has 1 aliphatic heterocycles. The van der Waals surface area contributed by atoms with E-state index in [0.717, 1.165) is 31.9 Å². The second-order valence-electron chi connectivity index (χ2n) is 4.40. The monoisotopic (exact) mass is 269 g/mol. The lowest BCUT2D eigenvalue weighted by Crippen LogP contribution is -2.25. The standard InChI is InChI=1S/C12H16ClN3O2/c13-11-9-10(16(17)18)3-4-12(11)14-5-8-15-6-1-2-7-15/h3-4,9,14H,1-2,5-8H2. The van der Waals surface area contributed by atoms with Gasteiger partial charge in [0.05, 0.1) is 15.6 Å². The normalized spacial score (nSPS) is 15.8. The molecular weight excluding hydrogens is 254 g/mol. The summed E-state index contributed by atoms with van der Waals surface area (Å²) in [5, 5.41) is 14.2. The summed E-state index contributed by atoms with van der Waals surface area (Å²) >= 11 is 5.99. The molecule has 0 spiro atoms. The summed E-state index contributed by atoms with van der Waals surface area (Å²) in [6.07, 6.45) is 2.55. The van der Waals surface area contributed by atoms with Crippen molar-refractivity contribution in [1.82, 2.24) is 4.90 Å². The Morgan fingerprint density at radius 3 is 2.72 bits per heavy atom. The first-order chi connectivity index (χ1) is 8.66. The van der Waals surface area contributed by atoms with Crippen molar-refractivity contribution >= 4 is 23.0 Å². The number of nitrogens with zero attached hydrogens (tertiary/aromatic N) is 2. The number of non-ortho nitro benzene ring substituents is 1. The lowest BCUT2D eigenvalue weighted by atomic mass is 10.3. The molecule has 0 saturated carbocycles. The molecule has 1 fully saturated rings. The molecule has 1 N–H and O–H groups in total. The van der Waals surface area contributed by atoms with Crippen LogP contribution in [0.15, 0.2) is 18.2 Å². The van der Waals surface area contributed by atoms with E-state index in [1.54, 1.807) is 6.07 Å². The Kier molecular flexibility index (Phi) is 4.38. The molecule has 98 valence electrons. The summed E-state index contributed by atoms with van der Waals surface area (Å²) in [5.41, 5.74) is 0.770. The molecule has 1 aromatic rings. The fourth-order valence-electron chi connectivity index (χ4n) is 2.12. The largest absolute Gasteiger partial charge is 0.383 e. The molecule has 1 aliphatic rings. The minimum Gasteiger partial charge on any atom is -0.383 e. The quantitative estimate of drug-likeness (QED) is 0.660. The third kappa shape index (κ3) is 3.34. The predicted molar refractivity (Wildman–Crippen MR) is 72.3 cm³/mol. The fourth-order valence-corrected chi connectivity index (χ4v) is 2.36. The lowest BCUT2D eigenvalue weighted by molar-refractivity contribution is -0.384. The van der Waals surface area contributed by atoms with Crippen molar-refractivity contribution in [3.8, 4) is 0 Å². The SMILES string of the molecule is O=[N+]([O-])c1ccc(NCCN2CCCC2)c(Cl)c1. The van der Waals surface area contributed by atoms with Crippen LogP contribution in [0.1, 0.15) is 12.8 Å². The van der Waals surface area contributed by atoms with Gasteiger partial charge in [-0.25, -0.2) is 0 Å². The van der Waals surface area contributed by atoms with Gasteiger partial charge in [-0.1, -0.05) is 11.6 Å². The average molecular weight is 270 g/mol. The van der Waals surface area contributed by atoms with Crippen molar-refractivity contribution in [3.05, 3.63) is 33.3 Å². The summed E-state index contributed by atoms with van der Waals surface area (Å²) in [7, 11) is 0. The molecule has 1 aromatic carbocycles. The van der Waals surface area contributed by atoms with E-state index in [-0.39, 0.29) is 5.69 Å². The van der Waals surface area contributed by atoms with Gasteiger partial charge in [-0.05, 0) is 32.0 Å². The van der Waals surface area contributed by atoms with Crippen LogP contribution >= 0.6 is 11.6 Å². The smallest absolute Gasteiger partial charge is 0.271 e. The summed E-state index contributed by atoms with van der Waals surface area (Å²) in [6.45, 7) is 4.11. The van der Waals surface area contributed by atoms with Crippen molar-refractivity contribution < 1.29 is 4.92 Å². The minimum atomic E-state index is -0.445. The first-order valence-electron chi connectivity index (χ1n) is 6.07. The van der Waals surface area contributed by atoms with E-state index in [1.165, 1.54) is 25.0 Å². The van der Waals surface area contributed by atoms with Gasteiger partial charge in [0.2, 0.25) is 0 Å². The Morgan fingerprint density at radius 2 is 2.11 bits per heavy atom. The van der Waals surface area contributed by atoms with Crippen LogP contribution in [0.4, 0.5) is 11.4 Å². The average Bonchev–Trinajstić information content (AvgIpc) is 2.84. The molecule has 1 saturated heterocycles. The van der Waals surface area contributed by atoms with Crippen LogP contribution in [0.3, 0.4) is 0 Å². The van der Waals surface area contributed by atoms with Crippen LogP contribution in [-0.4, -0.2) is 36.0 Å². The van der Waals surface area contributed by atoms with Crippen LogP contribution < -0.4 is 5.32 Å². The van der Waals surface area contributed by atoms with Gasteiger partial charge in [-0.3, -0.25) is 10.1 Å². The summed E-state index contributed by atoms with van der Waals surface area (Å²) in [4.78, 5) is 12.5. The molecule has 2 rings (SSSR count). The first-order valence-corrected chi connectivity index (χ1v) is 6.45. The molecule has 6 heteroatoms. The number of nitro groups is 1. The fraction of sp³-hybridized carbons (Fsp3) is 0.500. The third-order valence-electron chi connectivity index (χ3n) is 3.11. The highest BCUT2D eigenvalue weighted by Crippen LogP contribution is 2.26. The second kappa shape index (κ2) is 6.02. The maximum absolute atomic E-state index is 10.6. The zero-order chi connectivity index (χ0) is 13.0. The molecule has 0 unspecified atom stereocenters. The topological polar surface area (TPSA) is 58.4 Å². The molecule has 0 aliphatic carbocycles. The van der Waals surface area contributed by atoms with Crippen LogP contribution in [0.2, 0.25) is 5.02 Å². The van der Waals surface area contributed by atoms with E-state index in [9.17, 15) is 10.1 Å². The van der Waals surface area contributed by atoms with E-state index in [4.69, 9.17) is 11.6 Å². The van der Waals surface area contributed by atoms with Crippen LogP contribution in [0, 0.1) is 10.1 Å². The summed E-state index contributed by atoms with van der Waals surface area (Å²) in [6, 6.07) is 4.49. The zero-order valence-corrected chi connectivity index (χ0v) is 10.8. The number of rotatable bonds is 5. The number of anilines is 1. The highest BCUT2D eigenvalue weighted by Gasteiger charge is 2.12. The highest BCUT2D eigenvalue weighted by atomic mass is 35.5. The van der Waals surface area contributed by atoms with Gasteiger partial charge in [0.1, 0.15) is 0 Å². The molecule has 0 radical (unpaired) electrons. The number of nitro benzene ring substituents is 1. The Labute approximate surface area is 111 Å². The number of hydrogen-bond acceptors (Lipinski definition) is 4. The van der Waals surface area contributed by atoms with E-state index in [1.807, 2.05) is 0 Å². The molecule has 0 atom stereocenters. The van der Waals surface area contributed by atoms with Gasteiger partial charge < -0.3 is 10.2 Å². The van der Waals surface area contributed by atoms with Crippen molar-refractivity contribution in [2.45, 2.75) is 12.8 Å². The van der Waals surface area contributed by atoms with E-state index in [0.29, 0.717) is 5.02 Å². The molecule has 0 amide bonds. The minimum absolute atomic E-state index is 0.0186. The maximum Gasteiger partial charge on any atom is 0.271 e. The van der Waals surface area contributed by atoms with Crippen molar-refractivity contribution in [1.29, 1.82) is 0 Å². The Hall–Kier alpha value is -1.33. The number of benzene rings is 1. The molecule has 0 bridgehead atoms. The summed E-state index contributed by atoms with van der Waals surface area (Å²) in [5.74, 6) is 0. The van der Waals surface area contributed by atoms with Crippen LogP contribution in [0.5, 0.6) is 0 Å². The van der Waals surface area contributed by atoms with Gasteiger partial charge >= 0.3 is 0 Å². The van der Waals surface area contributed by atoms with Crippen molar-refractivity contribution in [2.75, 3.05) is 31.5 Å². The van der Waals surface area contributed by atoms with E-state index < -0.39 is 4.92 Å². The maximum atomic E-state index is 10.6. The first kappa shape index (κ1) is 13.1. The molecule has 18 heavy (non-hydrogen) atoms. The Morgan fingerprint density at radius 1 is 1.39 bits per heavy atom. The number of hydrogen-bond donors (Lipinski definition) is 1. The van der Waals surface area contributed by atoms with Gasteiger partial charge in [0.25, 0.3) is 5.69 Å². The third-order valence-corrected chi connectivity index (χ3v) is 3.42. The highest BCUT2D eigenvalue weighted by molar-refractivity contribution is 6.33. The molecular formula is C12H16ClN3O2. The van der Waals surface area contributed by atoms with Crippen LogP contribution in [0.25, 0.3) is 0 Å². The molecule has 0 aromatic heterocycles. The van der Waals surface area contributed by atoms with Gasteiger partial charge in [-0.2, -0.15) is 0 Å². The zero-order valence-electron chi connectivity index (χ0n) is 10.1. The van der Waals surface area contributed by atoms with E-state index in [2.05, 4.69) is 10.2 Å². The van der Waals surface area contributed by atoms with Crippen LogP contribution in [-0.2, 0) is 0 Å². The Bertz CT molecular complexity index is 433. The van der Waals surface area contributed by atoms with Gasteiger partial charge in [0, 0.05) is 25.2 Å². The number of halogens is 1. The van der Waals surface area contributed by atoms with E-state index >= 15 is 0 Å². The van der Waals surface area contributed by atoms with Gasteiger partial charge in [-0.15, -0.1) is 0 Å². The molecule has 1 heterocycles. The lowest BCUT2D eigenvalue weighted by Gasteiger charge is -2.15. The van der Waals surface area contributed by atoms with Crippen molar-refractivity contribution in [3.63, 3.8) is 0 Å². The van der Waals surface area contributed by atoms with Crippen molar-refractivity contribution in [2.24, 2.45) is 0 Å². The van der Waals surface area contributed by atoms with Gasteiger partial charge in [0.15, 0.2) is 0 Å². The number of likely N-dealkylation sites (tertiary alicyclic amines) is 1.